The van der Waals surface area contributed by atoms with Crippen LogP contribution in [-0.2, 0) is 19.1 Å². The molecule has 1 aliphatic heterocycles. The van der Waals surface area contributed by atoms with Gasteiger partial charge in [-0.25, -0.2) is 4.79 Å². The summed E-state index contributed by atoms with van der Waals surface area (Å²) < 4.78 is 12.2. The third-order valence-electron chi connectivity index (χ3n) is 9.21. The number of epoxide rings is 1. The number of Topliss-reactive ketones (excluding diaryl/α,β-unsaturated/α-hetero) is 1. The summed E-state index contributed by atoms with van der Waals surface area (Å²) in [7, 11) is 0. The van der Waals surface area contributed by atoms with Gasteiger partial charge in [-0.2, -0.15) is 0 Å². The van der Waals surface area contributed by atoms with Crippen molar-refractivity contribution in [2.45, 2.75) is 70.4 Å². The number of hydrogen-bond donors (Lipinski definition) is 2. The highest BCUT2D eigenvalue weighted by atomic mass is 16.6. The summed E-state index contributed by atoms with van der Waals surface area (Å²) in [5.74, 6) is -1.52. The number of esters is 1. The van der Waals surface area contributed by atoms with Crippen LogP contribution in [0.15, 0.2) is 48.1 Å². The van der Waals surface area contributed by atoms with E-state index in [0.29, 0.717) is 11.5 Å². The van der Waals surface area contributed by atoms with E-state index in [1.54, 1.807) is 13.0 Å². The quantitative estimate of drug-likeness (QED) is 0.388. The van der Waals surface area contributed by atoms with Crippen molar-refractivity contribution in [2.24, 2.45) is 29.1 Å². The first-order valence-electron chi connectivity index (χ1n) is 12.7. The molecule has 1 aromatic rings. The maximum atomic E-state index is 14.1. The van der Waals surface area contributed by atoms with Crippen LogP contribution in [0.3, 0.4) is 0 Å². The standard InChI is InChI=1S/C29H36O6/c1-17-14-21-20(27(21,2)3)12-13-28(4)26(35-28)23-24(32)19(16-30)15-29(23,25(17)33)34-22(31)11-10-18-8-6-5-7-9-18/h5-11,14,19-21,23-24,26,30,32H,12-13,15-16H2,1-4H3/t19-,20+,21-,23-,24+,26-,28-,29+/m1/s1. The lowest BCUT2D eigenvalue weighted by molar-refractivity contribution is -0.168. The Morgan fingerprint density at radius 3 is 2.63 bits per heavy atom. The van der Waals surface area contributed by atoms with Crippen molar-refractivity contribution in [3.05, 3.63) is 53.6 Å². The number of hydrogen-bond acceptors (Lipinski definition) is 6. The summed E-state index contributed by atoms with van der Waals surface area (Å²) in [4.78, 5) is 27.2. The number of rotatable bonds is 4. The summed E-state index contributed by atoms with van der Waals surface area (Å²) in [6.07, 6.45) is 5.43. The topological polar surface area (TPSA) is 96.4 Å². The van der Waals surface area contributed by atoms with E-state index >= 15 is 0 Å². The zero-order valence-corrected chi connectivity index (χ0v) is 20.9. The van der Waals surface area contributed by atoms with Crippen LogP contribution in [0, 0.1) is 29.1 Å². The second-order valence-electron chi connectivity index (χ2n) is 11.7. The van der Waals surface area contributed by atoms with Crippen molar-refractivity contribution < 1.29 is 29.3 Å². The zero-order valence-electron chi connectivity index (χ0n) is 20.9. The predicted molar refractivity (Wildman–Crippen MR) is 131 cm³/mol. The fourth-order valence-corrected chi connectivity index (χ4v) is 6.85. The van der Waals surface area contributed by atoms with E-state index in [1.165, 1.54) is 6.08 Å². The van der Waals surface area contributed by atoms with Gasteiger partial charge in [0.15, 0.2) is 5.60 Å². The van der Waals surface area contributed by atoms with Crippen molar-refractivity contribution in [1.82, 2.24) is 0 Å². The molecule has 8 atom stereocenters. The van der Waals surface area contributed by atoms with Crippen molar-refractivity contribution >= 4 is 17.8 Å². The van der Waals surface area contributed by atoms with Gasteiger partial charge in [0.05, 0.1) is 23.7 Å². The van der Waals surface area contributed by atoms with Gasteiger partial charge in [0, 0.05) is 25.0 Å². The van der Waals surface area contributed by atoms with Gasteiger partial charge in [-0.05, 0) is 61.2 Å². The number of carbonyl (C=O) groups excluding carboxylic acids is 2. The molecule has 1 aromatic carbocycles. The second kappa shape index (κ2) is 8.39. The van der Waals surface area contributed by atoms with E-state index in [2.05, 4.69) is 13.8 Å². The van der Waals surface area contributed by atoms with Crippen LogP contribution < -0.4 is 0 Å². The Morgan fingerprint density at radius 1 is 1.23 bits per heavy atom. The molecule has 4 aliphatic rings. The predicted octanol–water partition coefficient (Wildman–Crippen LogP) is 3.71. The number of benzene rings is 1. The van der Waals surface area contributed by atoms with Crippen molar-refractivity contribution in [1.29, 1.82) is 0 Å². The Morgan fingerprint density at radius 2 is 1.94 bits per heavy atom. The molecule has 3 aliphatic carbocycles. The fraction of sp³-hybridized carbons (Fsp3) is 0.586. The van der Waals surface area contributed by atoms with Gasteiger partial charge in [-0.3, -0.25) is 4.79 Å². The Kier molecular flexibility index (Phi) is 5.86. The van der Waals surface area contributed by atoms with Gasteiger partial charge in [-0.15, -0.1) is 0 Å². The number of ketones is 1. The summed E-state index contributed by atoms with van der Waals surface area (Å²) >= 11 is 0. The molecular formula is C29H36O6. The molecule has 0 radical (unpaired) electrons. The van der Waals surface area contributed by atoms with Crippen molar-refractivity contribution in [3.63, 3.8) is 0 Å². The van der Waals surface area contributed by atoms with Crippen molar-refractivity contribution in [2.75, 3.05) is 6.61 Å². The SMILES string of the molecule is CC1=C[C@@H]2[C@H](CC[C@@]3(C)O[C@@H]3[C@H]3[C@@H](O)[C@@H](CO)C[C@@]3(OC(=O)C=Cc3ccccc3)C1=O)C2(C)C. The average molecular weight is 481 g/mol. The Labute approximate surface area is 207 Å². The molecular weight excluding hydrogens is 444 g/mol. The lowest BCUT2D eigenvalue weighted by Crippen LogP contribution is -2.52. The largest absolute Gasteiger partial charge is 0.447 e. The highest BCUT2D eigenvalue weighted by molar-refractivity contribution is 6.04. The molecule has 2 saturated carbocycles. The first-order chi connectivity index (χ1) is 16.5. The molecule has 0 unspecified atom stereocenters. The van der Waals surface area contributed by atoms with Crippen LogP contribution in [-0.4, -0.2) is 52.0 Å². The molecule has 0 amide bonds. The van der Waals surface area contributed by atoms with Gasteiger partial charge in [0.2, 0.25) is 5.78 Å². The van der Waals surface area contributed by atoms with Crippen LogP contribution in [0.5, 0.6) is 0 Å². The van der Waals surface area contributed by atoms with E-state index in [-0.39, 0.29) is 30.1 Å². The van der Waals surface area contributed by atoms with Crippen LogP contribution in [0.1, 0.15) is 52.5 Å². The molecule has 0 spiro atoms. The molecule has 35 heavy (non-hydrogen) atoms. The highest BCUT2D eigenvalue weighted by Crippen LogP contribution is 2.64. The van der Waals surface area contributed by atoms with Gasteiger partial charge >= 0.3 is 5.97 Å². The molecule has 1 heterocycles. The lowest BCUT2D eigenvalue weighted by atomic mass is 9.77. The molecule has 188 valence electrons. The van der Waals surface area contributed by atoms with Gasteiger partial charge in [0.1, 0.15) is 0 Å². The van der Waals surface area contributed by atoms with Gasteiger partial charge in [0.25, 0.3) is 0 Å². The summed E-state index contributed by atoms with van der Waals surface area (Å²) in [6, 6.07) is 9.38. The Bertz CT molecular complexity index is 1070. The number of carbonyl (C=O) groups is 2. The van der Waals surface area contributed by atoms with E-state index in [0.717, 1.165) is 18.4 Å². The average Bonchev–Trinajstić information content (AvgIpc) is 3.59. The molecule has 6 nitrogen and oxygen atoms in total. The number of allylic oxidation sites excluding steroid dienone is 1. The van der Waals surface area contributed by atoms with E-state index < -0.39 is 41.2 Å². The maximum Gasteiger partial charge on any atom is 0.331 e. The first-order valence-corrected chi connectivity index (χ1v) is 12.7. The van der Waals surface area contributed by atoms with E-state index in [1.807, 2.05) is 43.3 Å². The molecule has 2 N–H and O–H groups in total. The molecule has 6 heteroatoms. The van der Waals surface area contributed by atoms with E-state index in [9.17, 15) is 19.8 Å². The third kappa shape index (κ3) is 4.00. The van der Waals surface area contributed by atoms with Gasteiger partial charge < -0.3 is 19.7 Å². The number of aliphatic hydroxyl groups is 2. The van der Waals surface area contributed by atoms with E-state index in [4.69, 9.17) is 9.47 Å². The number of fused-ring (bicyclic) bond motifs is 4. The Balaban J connectivity index is 1.54. The van der Waals surface area contributed by atoms with Crippen molar-refractivity contribution in [3.8, 4) is 0 Å². The van der Waals surface area contributed by atoms with Crippen LogP contribution in [0.4, 0.5) is 0 Å². The Hall–Kier alpha value is -2.28. The van der Waals surface area contributed by atoms with Crippen LogP contribution >= 0.6 is 0 Å². The van der Waals surface area contributed by atoms with Gasteiger partial charge in [-0.1, -0.05) is 50.3 Å². The maximum absolute atomic E-state index is 14.1. The smallest absolute Gasteiger partial charge is 0.331 e. The number of ether oxygens (including phenoxy) is 2. The second-order valence-corrected chi connectivity index (χ2v) is 11.7. The normalized spacial score (nSPS) is 41.8. The number of aliphatic hydroxyl groups excluding tert-OH is 2. The lowest BCUT2D eigenvalue weighted by Gasteiger charge is -2.34. The molecule has 1 saturated heterocycles. The van der Waals surface area contributed by atoms with Crippen LogP contribution in [0.25, 0.3) is 6.08 Å². The fourth-order valence-electron chi connectivity index (χ4n) is 6.85. The molecule has 3 fully saturated rings. The molecule has 0 aromatic heterocycles. The summed E-state index contributed by atoms with van der Waals surface area (Å²) in [5, 5.41) is 21.3. The summed E-state index contributed by atoms with van der Waals surface area (Å²) in [6.45, 7) is 7.96. The summed E-state index contributed by atoms with van der Waals surface area (Å²) in [5.41, 5.74) is -0.595. The first kappa shape index (κ1) is 24.4. The monoisotopic (exact) mass is 480 g/mol. The van der Waals surface area contributed by atoms with Crippen LogP contribution in [0.2, 0.25) is 0 Å². The minimum Gasteiger partial charge on any atom is -0.447 e. The molecule has 5 rings (SSSR count). The minimum atomic E-state index is -1.59. The zero-order chi connectivity index (χ0) is 25.2. The molecule has 0 bridgehead atoms. The third-order valence-corrected chi connectivity index (χ3v) is 9.21. The highest BCUT2D eigenvalue weighted by Gasteiger charge is 2.71. The minimum absolute atomic E-state index is 0.0672.